The van der Waals surface area contributed by atoms with Crippen LogP contribution in [0.25, 0.3) is 0 Å². The second-order valence-electron chi connectivity index (χ2n) is 6.15. The molecule has 0 radical (unpaired) electrons. The zero-order chi connectivity index (χ0) is 16.7. The van der Waals surface area contributed by atoms with Gasteiger partial charge < -0.3 is 4.74 Å². The lowest BCUT2D eigenvalue weighted by molar-refractivity contribution is 0.184. The van der Waals surface area contributed by atoms with Crippen LogP contribution in [0.3, 0.4) is 0 Å². The Morgan fingerprint density at radius 1 is 1.17 bits per heavy atom. The molecule has 24 heavy (non-hydrogen) atoms. The number of para-hydroxylation sites is 1. The summed E-state index contributed by atoms with van der Waals surface area (Å²) >= 11 is 0. The lowest BCUT2D eigenvalue weighted by Crippen LogP contribution is -2.42. The summed E-state index contributed by atoms with van der Waals surface area (Å²) in [6.45, 7) is 1.66. The Morgan fingerprint density at radius 3 is 2.83 bits per heavy atom. The van der Waals surface area contributed by atoms with Crippen molar-refractivity contribution in [2.24, 2.45) is 0 Å². The Kier molecular flexibility index (Phi) is 3.79. The van der Waals surface area contributed by atoms with Crippen LogP contribution < -0.4 is 9.46 Å². The van der Waals surface area contributed by atoms with Gasteiger partial charge in [-0.3, -0.25) is 4.90 Å². The van der Waals surface area contributed by atoms with E-state index in [0.717, 1.165) is 5.56 Å². The summed E-state index contributed by atoms with van der Waals surface area (Å²) in [7, 11) is -3.60. The molecule has 2 aromatic carbocycles. The van der Waals surface area contributed by atoms with Crippen LogP contribution >= 0.6 is 0 Å². The molecule has 0 bridgehead atoms. The third-order valence-electron chi connectivity index (χ3n) is 4.36. The predicted molar refractivity (Wildman–Crippen MR) is 86.6 cm³/mol. The number of nitrogens with zero attached hydrogens (tertiary/aromatic N) is 1. The first kappa shape index (κ1) is 15.6. The van der Waals surface area contributed by atoms with Gasteiger partial charge in [0.25, 0.3) is 0 Å². The van der Waals surface area contributed by atoms with Crippen molar-refractivity contribution in [2.75, 3.05) is 13.1 Å². The van der Waals surface area contributed by atoms with Crippen LogP contribution in [0.4, 0.5) is 4.39 Å². The number of benzene rings is 2. The van der Waals surface area contributed by atoms with Crippen molar-refractivity contribution >= 4 is 10.0 Å². The van der Waals surface area contributed by atoms with Crippen molar-refractivity contribution in [3.8, 4) is 5.75 Å². The molecule has 0 spiro atoms. The van der Waals surface area contributed by atoms with E-state index >= 15 is 0 Å². The molecule has 2 aliphatic heterocycles. The predicted octanol–water partition coefficient (Wildman–Crippen LogP) is 1.75. The molecule has 7 heteroatoms. The number of halogens is 1. The lowest BCUT2D eigenvalue weighted by Gasteiger charge is -2.17. The maximum Gasteiger partial charge on any atom is 0.244 e. The molecule has 126 valence electrons. The van der Waals surface area contributed by atoms with Crippen molar-refractivity contribution in [2.45, 2.75) is 23.6 Å². The standard InChI is InChI=1S/C17H17FN2O3S/c18-13-5-3-4-12(8-13)9-20-10-14-16(11-20)23-15-6-1-2-7-17(15)24(21,22)19-14/h1-8,14,16,19H,9-11H2. The van der Waals surface area contributed by atoms with Gasteiger partial charge in [0, 0.05) is 19.6 Å². The molecule has 0 saturated carbocycles. The average molecular weight is 348 g/mol. The van der Waals surface area contributed by atoms with Gasteiger partial charge in [-0.25, -0.2) is 17.5 Å². The normalized spacial score (nSPS) is 25.4. The molecule has 0 aromatic heterocycles. The number of sulfonamides is 1. The Balaban J connectivity index is 1.56. The zero-order valence-corrected chi connectivity index (χ0v) is 13.7. The van der Waals surface area contributed by atoms with Gasteiger partial charge in [-0.15, -0.1) is 0 Å². The van der Waals surface area contributed by atoms with Crippen molar-refractivity contribution in [3.63, 3.8) is 0 Å². The van der Waals surface area contributed by atoms with E-state index in [-0.39, 0.29) is 22.9 Å². The highest BCUT2D eigenvalue weighted by Crippen LogP contribution is 2.31. The number of fused-ring (bicyclic) bond motifs is 2. The van der Waals surface area contributed by atoms with Crippen molar-refractivity contribution in [3.05, 3.63) is 59.9 Å². The first-order valence-corrected chi connectivity index (χ1v) is 9.24. The van der Waals surface area contributed by atoms with Gasteiger partial charge in [0.1, 0.15) is 22.6 Å². The number of hydrogen-bond acceptors (Lipinski definition) is 4. The molecule has 1 fully saturated rings. The van der Waals surface area contributed by atoms with Crippen LogP contribution in [-0.2, 0) is 16.6 Å². The van der Waals surface area contributed by atoms with E-state index in [4.69, 9.17) is 4.74 Å². The molecule has 2 unspecified atom stereocenters. The van der Waals surface area contributed by atoms with Crippen molar-refractivity contribution in [1.29, 1.82) is 0 Å². The number of ether oxygens (including phenoxy) is 1. The van der Waals surface area contributed by atoms with E-state index in [1.807, 2.05) is 6.07 Å². The topological polar surface area (TPSA) is 58.6 Å². The summed E-state index contributed by atoms with van der Waals surface area (Å²) in [6, 6.07) is 12.8. The number of hydrogen-bond donors (Lipinski definition) is 1. The smallest absolute Gasteiger partial charge is 0.244 e. The van der Waals surface area contributed by atoms with E-state index in [1.165, 1.54) is 12.1 Å². The van der Waals surface area contributed by atoms with E-state index < -0.39 is 10.0 Å². The van der Waals surface area contributed by atoms with Gasteiger partial charge in [-0.05, 0) is 29.8 Å². The number of rotatable bonds is 2. The molecular formula is C17H17FN2O3S. The van der Waals surface area contributed by atoms with Gasteiger partial charge in [-0.1, -0.05) is 24.3 Å². The minimum absolute atomic E-state index is 0.177. The molecular weight excluding hydrogens is 331 g/mol. The summed E-state index contributed by atoms with van der Waals surface area (Å²) in [5, 5.41) is 0. The van der Waals surface area contributed by atoms with Crippen LogP contribution in [0.1, 0.15) is 5.56 Å². The molecule has 1 saturated heterocycles. The maximum atomic E-state index is 13.3. The monoisotopic (exact) mass is 348 g/mol. The molecule has 4 rings (SSSR count). The molecule has 0 amide bonds. The minimum Gasteiger partial charge on any atom is -0.486 e. The Labute approximate surface area is 140 Å². The van der Waals surface area contributed by atoms with Gasteiger partial charge in [0.05, 0.1) is 6.04 Å². The zero-order valence-electron chi connectivity index (χ0n) is 12.9. The second-order valence-corrected chi connectivity index (χ2v) is 7.84. The molecule has 1 N–H and O–H groups in total. The van der Waals surface area contributed by atoms with Gasteiger partial charge in [-0.2, -0.15) is 0 Å². The van der Waals surface area contributed by atoms with Crippen LogP contribution in [-0.4, -0.2) is 38.6 Å². The minimum atomic E-state index is -3.60. The maximum absolute atomic E-state index is 13.3. The fraction of sp³-hybridized carbons (Fsp3) is 0.294. The molecule has 2 aliphatic rings. The van der Waals surface area contributed by atoms with Gasteiger partial charge in [0.15, 0.2) is 0 Å². The van der Waals surface area contributed by atoms with Gasteiger partial charge >= 0.3 is 0 Å². The molecule has 5 nitrogen and oxygen atoms in total. The lowest BCUT2D eigenvalue weighted by atomic mass is 10.2. The highest BCUT2D eigenvalue weighted by Gasteiger charge is 2.40. The fourth-order valence-corrected chi connectivity index (χ4v) is 4.69. The van der Waals surface area contributed by atoms with Crippen molar-refractivity contribution < 1.29 is 17.5 Å². The molecule has 2 atom stereocenters. The Morgan fingerprint density at radius 2 is 2.00 bits per heavy atom. The van der Waals surface area contributed by atoms with Crippen LogP contribution in [0.5, 0.6) is 5.75 Å². The Bertz CT molecular complexity index is 872. The third kappa shape index (κ3) is 2.90. The summed E-state index contributed by atoms with van der Waals surface area (Å²) in [4.78, 5) is 2.25. The van der Waals surface area contributed by atoms with Crippen LogP contribution in [0, 0.1) is 5.82 Å². The van der Waals surface area contributed by atoms with Crippen LogP contribution in [0.2, 0.25) is 0 Å². The Hall–Kier alpha value is -1.96. The quantitative estimate of drug-likeness (QED) is 0.898. The van der Waals surface area contributed by atoms with E-state index in [1.54, 1.807) is 30.3 Å². The highest BCUT2D eigenvalue weighted by atomic mass is 32.2. The summed E-state index contributed by atoms with van der Waals surface area (Å²) < 4.78 is 47.0. The van der Waals surface area contributed by atoms with Crippen molar-refractivity contribution in [1.82, 2.24) is 9.62 Å². The largest absolute Gasteiger partial charge is 0.486 e. The van der Waals surface area contributed by atoms with E-state index in [0.29, 0.717) is 25.4 Å². The molecule has 0 aliphatic carbocycles. The third-order valence-corrected chi connectivity index (χ3v) is 5.89. The SMILES string of the molecule is O=S1(=O)NC2CN(Cc3cccc(F)c3)CC2Oc2ccccc21. The average Bonchev–Trinajstić information content (AvgIpc) is 2.83. The molecule has 2 heterocycles. The van der Waals surface area contributed by atoms with E-state index in [2.05, 4.69) is 9.62 Å². The molecule has 2 aromatic rings. The van der Waals surface area contributed by atoms with E-state index in [9.17, 15) is 12.8 Å². The number of likely N-dealkylation sites (tertiary alicyclic amines) is 1. The summed E-state index contributed by atoms with van der Waals surface area (Å²) in [5.41, 5.74) is 0.856. The summed E-state index contributed by atoms with van der Waals surface area (Å²) in [5.74, 6) is 0.108. The second kappa shape index (κ2) is 5.84. The fourth-order valence-electron chi connectivity index (χ4n) is 3.30. The number of nitrogens with one attached hydrogen (secondary N) is 1. The highest BCUT2D eigenvalue weighted by molar-refractivity contribution is 7.89. The first-order valence-electron chi connectivity index (χ1n) is 7.76. The summed E-state index contributed by atoms with van der Waals surface area (Å²) in [6.07, 6.45) is -0.267. The van der Waals surface area contributed by atoms with Crippen LogP contribution in [0.15, 0.2) is 53.4 Å². The van der Waals surface area contributed by atoms with Gasteiger partial charge in [0.2, 0.25) is 10.0 Å². The first-order chi connectivity index (χ1) is 11.5.